The fourth-order valence-electron chi connectivity index (χ4n) is 1.76. The number of methoxy groups -OCH3 is 2. The van der Waals surface area contributed by atoms with Crippen LogP contribution in [0.1, 0.15) is 20.3 Å². The second-order valence-electron chi connectivity index (χ2n) is 4.69. The molecule has 0 saturated heterocycles. The van der Waals surface area contributed by atoms with Crippen molar-refractivity contribution in [2.75, 3.05) is 14.2 Å². The zero-order valence-electron chi connectivity index (χ0n) is 12.6. The molecular weight excluding hydrogens is 294 g/mol. The Hall–Kier alpha value is -1.60. The molecule has 0 unspecified atom stereocenters. The Bertz CT molecular complexity index is 585. The van der Waals surface area contributed by atoms with Gasteiger partial charge in [-0.2, -0.15) is 0 Å². The van der Waals surface area contributed by atoms with Crippen LogP contribution in [0.2, 0.25) is 0 Å². The Balaban J connectivity index is 3.10. The van der Waals surface area contributed by atoms with Gasteiger partial charge in [-0.1, -0.05) is 20.3 Å². The van der Waals surface area contributed by atoms with Crippen LogP contribution in [-0.4, -0.2) is 35.0 Å². The highest BCUT2D eigenvalue weighted by molar-refractivity contribution is 7.89. The molecule has 0 aliphatic carbocycles. The van der Waals surface area contributed by atoms with Crippen molar-refractivity contribution in [3.8, 4) is 11.5 Å². The van der Waals surface area contributed by atoms with Gasteiger partial charge in [0.25, 0.3) is 0 Å². The molecule has 0 spiro atoms. The van der Waals surface area contributed by atoms with E-state index in [-0.39, 0.29) is 10.8 Å². The average Bonchev–Trinajstić information content (AvgIpc) is 2.50. The van der Waals surface area contributed by atoms with Gasteiger partial charge in [0, 0.05) is 6.07 Å². The van der Waals surface area contributed by atoms with Gasteiger partial charge >= 0.3 is 0 Å². The highest BCUT2D eigenvalue weighted by atomic mass is 32.2. The first-order chi connectivity index (χ1) is 9.89. The molecule has 6 nitrogen and oxygen atoms in total. The number of ether oxygens (including phenoxy) is 2. The molecule has 0 fully saturated rings. The van der Waals surface area contributed by atoms with Gasteiger partial charge in [-0.25, -0.2) is 13.1 Å². The maximum Gasteiger partial charge on any atom is 0.241 e. The molecule has 0 aliphatic rings. The molecule has 0 bridgehead atoms. The zero-order valence-corrected chi connectivity index (χ0v) is 13.4. The van der Waals surface area contributed by atoms with Crippen LogP contribution in [0.5, 0.6) is 11.5 Å². The Morgan fingerprint density at radius 3 is 2.33 bits per heavy atom. The molecular formula is C14H21NO5S. The highest BCUT2D eigenvalue weighted by Gasteiger charge is 2.24. The summed E-state index contributed by atoms with van der Waals surface area (Å²) in [4.78, 5) is 11.1. The lowest BCUT2D eigenvalue weighted by Crippen LogP contribution is -2.40. The van der Waals surface area contributed by atoms with Gasteiger partial charge < -0.3 is 14.3 Å². The largest absolute Gasteiger partial charge is 0.493 e. The smallest absolute Gasteiger partial charge is 0.241 e. The van der Waals surface area contributed by atoms with Crippen molar-refractivity contribution in [2.24, 2.45) is 5.92 Å². The van der Waals surface area contributed by atoms with Gasteiger partial charge in [0.2, 0.25) is 10.0 Å². The summed E-state index contributed by atoms with van der Waals surface area (Å²) in [6, 6.07) is 3.52. The van der Waals surface area contributed by atoms with E-state index < -0.39 is 16.1 Å². The van der Waals surface area contributed by atoms with E-state index in [1.165, 1.54) is 32.4 Å². The third kappa shape index (κ3) is 4.18. The normalized spacial score (nSPS) is 14.3. The Kier molecular flexibility index (Phi) is 6.17. The molecule has 21 heavy (non-hydrogen) atoms. The van der Waals surface area contributed by atoms with Crippen LogP contribution in [0.15, 0.2) is 23.1 Å². The number of benzene rings is 1. The minimum atomic E-state index is -3.80. The molecule has 7 heteroatoms. The third-order valence-corrected chi connectivity index (χ3v) is 4.82. The van der Waals surface area contributed by atoms with E-state index in [9.17, 15) is 13.2 Å². The maximum absolute atomic E-state index is 12.3. The summed E-state index contributed by atoms with van der Waals surface area (Å²) >= 11 is 0. The molecule has 0 amide bonds. The number of hydrogen-bond acceptors (Lipinski definition) is 5. The van der Waals surface area contributed by atoms with Crippen molar-refractivity contribution in [3.05, 3.63) is 18.2 Å². The summed E-state index contributed by atoms with van der Waals surface area (Å²) in [6.45, 7) is 3.71. The lowest BCUT2D eigenvalue weighted by atomic mass is 10.0. The van der Waals surface area contributed by atoms with Crippen molar-refractivity contribution < 1.29 is 22.7 Å². The molecule has 0 radical (unpaired) electrons. The Morgan fingerprint density at radius 1 is 1.24 bits per heavy atom. The van der Waals surface area contributed by atoms with Crippen molar-refractivity contribution in [2.45, 2.75) is 31.2 Å². The van der Waals surface area contributed by atoms with E-state index in [2.05, 4.69) is 4.72 Å². The first-order valence-electron chi connectivity index (χ1n) is 6.59. The fourth-order valence-corrected chi connectivity index (χ4v) is 3.05. The van der Waals surface area contributed by atoms with Crippen molar-refractivity contribution in [3.63, 3.8) is 0 Å². The molecule has 0 saturated carbocycles. The standard InChI is InChI=1S/C14H21NO5S/c1-5-10(2)12(9-16)15-21(17,18)11-6-7-13(19-3)14(8-11)20-4/h6-10,12,15H,5H2,1-4H3/t10-,12+/m0/s1. The van der Waals surface area contributed by atoms with Crippen LogP contribution < -0.4 is 14.2 Å². The summed E-state index contributed by atoms with van der Waals surface area (Å²) in [5, 5.41) is 0. The summed E-state index contributed by atoms with van der Waals surface area (Å²) in [7, 11) is -0.908. The number of rotatable bonds is 8. The molecule has 1 aromatic rings. The van der Waals surface area contributed by atoms with E-state index in [1.807, 2.05) is 13.8 Å². The molecule has 0 heterocycles. The summed E-state index contributed by atoms with van der Waals surface area (Å²) < 4.78 is 37.2. The van der Waals surface area contributed by atoms with Crippen LogP contribution in [0, 0.1) is 5.92 Å². The number of carbonyl (C=O) groups excluding carboxylic acids is 1. The van der Waals surface area contributed by atoms with Gasteiger partial charge in [-0.05, 0) is 18.1 Å². The number of hydrogen-bond donors (Lipinski definition) is 1. The quantitative estimate of drug-likeness (QED) is 0.737. The molecule has 1 aromatic carbocycles. The number of nitrogens with one attached hydrogen (secondary N) is 1. The lowest BCUT2D eigenvalue weighted by molar-refractivity contribution is -0.110. The van der Waals surface area contributed by atoms with Gasteiger partial charge in [-0.3, -0.25) is 0 Å². The van der Waals surface area contributed by atoms with Crippen LogP contribution in [0.3, 0.4) is 0 Å². The van der Waals surface area contributed by atoms with Gasteiger partial charge in [0.1, 0.15) is 6.29 Å². The highest BCUT2D eigenvalue weighted by Crippen LogP contribution is 2.29. The van der Waals surface area contributed by atoms with Crippen LogP contribution in [0.4, 0.5) is 0 Å². The summed E-state index contributed by atoms with van der Waals surface area (Å²) in [5.74, 6) is 0.661. The molecule has 0 aromatic heterocycles. The number of sulfonamides is 1. The number of aldehydes is 1. The third-order valence-electron chi connectivity index (χ3n) is 3.36. The predicted octanol–water partition coefficient (Wildman–Crippen LogP) is 1.60. The number of carbonyl (C=O) groups is 1. The van der Waals surface area contributed by atoms with E-state index in [0.29, 0.717) is 24.2 Å². The van der Waals surface area contributed by atoms with E-state index in [1.54, 1.807) is 0 Å². The Labute approximate surface area is 125 Å². The van der Waals surface area contributed by atoms with E-state index >= 15 is 0 Å². The van der Waals surface area contributed by atoms with Crippen LogP contribution >= 0.6 is 0 Å². The van der Waals surface area contributed by atoms with E-state index in [4.69, 9.17) is 9.47 Å². The minimum absolute atomic E-state index is 0.0234. The van der Waals surface area contributed by atoms with Crippen molar-refractivity contribution >= 4 is 16.3 Å². The summed E-state index contributed by atoms with van der Waals surface area (Å²) in [6.07, 6.45) is 1.31. The van der Waals surface area contributed by atoms with Gasteiger partial charge in [0.05, 0.1) is 25.2 Å². The van der Waals surface area contributed by atoms with Crippen LogP contribution in [-0.2, 0) is 14.8 Å². The molecule has 0 aliphatic heterocycles. The Morgan fingerprint density at radius 2 is 1.86 bits per heavy atom. The van der Waals surface area contributed by atoms with Gasteiger partial charge in [0.15, 0.2) is 11.5 Å². The van der Waals surface area contributed by atoms with E-state index in [0.717, 1.165) is 0 Å². The van der Waals surface area contributed by atoms with Crippen LogP contribution in [0.25, 0.3) is 0 Å². The second-order valence-corrected chi connectivity index (χ2v) is 6.40. The zero-order chi connectivity index (χ0) is 16.0. The fraction of sp³-hybridized carbons (Fsp3) is 0.500. The monoisotopic (exact) mass is 315 g/mol. The predicted molar refractivity (Wildman–Crippen MR) is 79.2 cm³/mol. The second kappa shape index (κ2) is 7.42. The van der Waals surface area contributed by atoms with Crippen molar-refractivity contribution in [1.29, 1.82) is 0 Å². The molecule has 2 atom stereocenters. The minimum Gasteiger partial charge on any atom is -0.493 e. The van der Waals surface area contributed by atoms with Gasteiger partial charge in [-0.15, -0.1) is 0 Å². The topological polar surface area (TPSA) is 81.7 Å². The molecule has 1 N–H and O–H groups in total. The van der Waals surface area contributed by atoms with Crippen molar-refractivity contribution in [1.82, 2.24) is 4.72 Å². The SMILES string of the molecule is CC[C@H](C)[C@@H](C=O)NS(=O)(=O)c1ccc(OC)c(OC)c1. The first-order valence-corrected chi connectivity index (χ1v) is 8.07. The summed E-state index contributed by atoms with van der Waals surface area (Å²) in [5.41, 5.74) is 0. The average molecular weight is 315 g/mol. The maximum atomic E-state index is 12.3. The molecule has 118 valence electrons. The first kappa shape index (κ1) is 17.5. The lowest BCUT2D eigenvalue weighted by Gasteiger charge is -2.19. The molecule has 1 rings (SSSR count).